The zero-order valence-electron chi connectivity index (χ0n) is 8.70. The summed E-state index contributed by atoms with van der Waals surface area (Å²) in [5.41, 5.74) is 5.33. The molecule has 0 aromatic heterocycles. The Kier molecular flexibility index (Phi) is 3.84. The predicted molar refractivity (Wildman–Crippen MR) is 50.7 cm³/mol. The van der Waals surface area contributed by atoms with Crippen LogP contribution in [0.1, 0.15) is 6.92 Å². The topological polar surface area (TPSA) is 145 Å². The molecule has 5 atom stereocenters. The van der Waals surface area contributed by atoms with Gasteiger partial charge < -0.3 is 30.5 Å². The number of hydrogen-bond donors (Lipinski definition) is 6. The first-order valence-corrected chi connectivity index (χ1v) is 4.72. The van der Waals surface area contributed by atoms with Crippen LogP contribution in [0.4, 0.5) is 0 Å². The van der Waals surface area contributed by atoms with E-state index in [9.17, 15) is 20.1 Å². The number of hydrogen-bond acceptors (Lipinski definition) is 7. The zero-order valence-corrected chi connectivity index (χ0v) is 8.70. The van der Waals surface area contributed by atoms with Gasteiger partial charge >= 0.3 is 0 Å². The lowest BCUT2D eigenvalue weighted by atomic mass is 9.94. The molecule has 1 fully saturated rings. The van der Waals surface area contributed by atoms with Gasteiger partial charge in [0.15, 0.2) is 0 Å². The average molecular weight is 236 g/mol. The summed E-state index contributed by atoms with van der Waals surface area (Å²) in [5, 5.41) is 39.8. The molecule has 8 heteroatoms. The predicted octanol–water partition coefficient (Wildman–Crippen LogP) is -3.79. The maximum atomic E-state index is 10.8. The van der Waals surface area contributed by atoms with Crippen LogP contribution in [-0.2, 0) is 9.53 Å². The standard InChI is InChI=1S/C8H16N2O6/c1-3(12)10-7-6(14)5(13)4(2-11)16-8(7,9)15/h4-7,11,13-15H,2,9H2,1H3,(H,10,12)/t4-,5+,6+,7-,8?/m1/s1. The van der Waals surface area contributed by atoms with Crippen molar-refractivity contribution in [2.24, 2.45) is 5.73 Å². The number of nitrogens with one attached hydrogen (secondary N) is 1. The number of ether oxygens (including phenoxy) is 1. The third kappa shape index (κ3) is 2.48. The summed E-state index contributed by atoms with van der Waals surface area (Å²) in [6.07, 6.45) is -4.20. The fraction of sp³-hybridized carbons (Fsp3) is 0.875. The Morgan fingerprint density at radius 3 is 2.50 bits per heavy atom. The molecule has 0 aromatic rings. The number of amides is 1. The average Bonchev–Trinajstić information content (AvgIpc) is 2.18. The molecule has 7 N–H and O–H groups in total. The smallest absolute Gasteiger partial charge is 0.246 e. The molecule has 0 aliphatic carbocycles. The van der Waals surface area contributed by atoms with Crippen LogP contribution in [0.2, 0.25) is 0 Å². The number of nitrogens with two attached hydrogens (primary N) is 1. The zero-order chi connectivity index (χ0) is 12.5. The molecular weight excluding hydrogens is 220 g/mol. The molecule has 0 saturated carbocycles. The molecule has 8 nitrogen and oxygen atoms in total. The van der Waals surface area contributed by atoms with Gasteiger partial charge in [0.1, 0.15) is 24.4 Å². The molecule has 0 spiro atoms. The van der Waals surface area contributed by atoms with Gasteiger partial charge in [0.25, 0.3) is 0 Å². The first kappa shape index (κ1) is 13.3. The van der Waals surface area contributed by atoms with Gasteiger partial charge in [-0.3, -0.25) is 10.5 Å². The van der Waals surface area contributed by atoms with Crippen molar-refractivity contribution in [3.63, 3.8) is 0 Å². The Morgan fingerprint density at radius 2 is 2.06 bits per heavy atom. The number of carbonyl (C=O) groups excluding carboxylic acids is 1. The molecule has 0 radical (unpaired) electrons. The van der Waals surface area contributed by atoms with Crippen molar-refractivity contribution < 1.29 is 30.0 Å². The molecular formula is C8H16N2O6. The Morgan fingerprint density at radius 1 is 1.50 bits per heavy atom. The van der Waals surface area contributed by atoms with Crippen LogP contribution in [0.15, 0.2) is 0 Å². The van der Waals surface area contributed by atoms with E-state index in [1.54, 1.807) is 0 Å². The van der Waals surface area contributed by atoms with Gasteiger partial charge in [0.2, 0.25) is 11.8 Å². The second-order valence-corrected chi connectivity index (χ2v) is 3.75. The summed E-state index contributed by atoms with van der Waals surface area (Å²) >= 11 is 0. The van der Waals surface area contributed by atoms with Crippen LogP contribution in [0.3, 0.4) is 0 Å². The maximum absolute atomic E-state index is 10.8. The molecule has 1 amide bonds. The second kappa shape index (κ2) is 4.62. The summed E-state index contributed by atoms with van der Waals surface area (Å²) in [4.78, 5) is 10.8. The highest BCUT2D eigenvalue weighted by Crippen LogP contribution is 2.24. The van der Waals surface area contributed by atoms with E-state index >= 15 is 0 Å². The number of carbonyl (C=O) groups is 1. The fourth-order valence-electron chi connectivity index (χ4n) is 1.60. The van der Waals surface area contributed by atoms with Crippen LogP contribution >= 0.6 is 0 Å². The summed E-state index contributed by atoms with van der Waals surface area (Å²) < 4.78 is 4.78. The van der Waals surface area contributed by atoms with E-state index in [-0.39, 0.29) is 0 Å². The number of aliphatic hydroxyl groups is 4. The fourth-order valence-corrected chi connectivity index (χ4v) is 1.60. The quantitative estimate of drug-likeness (QED) is 0.270. The van der Waals surface area contributed by atoms with E-state index in [4.69, 9.17) is 15.6 Å². The monoisotopic (exact) mass is 236 g/mol. The van der Waals surface area contributed by atoms with Crippen molar-refractivity contribution >= 4 is 5.91 Å². The Bertz CT molecular complexity index is 271. The molecule has 1 unspecified atom stereocenters. The Hall–Kier alpha value is -0.770. The van der Waals surface area contributed by atoms with E-state index in [0.29, 0.717) is 0 Å². The molecule has 0 aromatic carbocycles. The van der Waals surface area contributed by atoms with Crippen LogP contribution in [0.5, 0.6) is 0 Å². The van der Waals surface area contributed by atoms with Crippen LogP contribution < -0.4 is 11.1 Å². The third-order valence-corrected chi connectivity index (χ3v) is 2.40. The SMILES string of the molecule is CC(=O)N[C@@H]1[C@@H](O)[C@@H](O)[C@@H](CO)OC1(N)O. The summed E-state index contributed by atoms with van der Waals surface area (Å²) in [7, 11) is 0. The van der Waals surface area contributed by atoms with Gasteiger partial charge in [-0.05, 0) is 0 Å². The van der Waals surface area contributed by atoms with Crippen molar-refractivity contribution in [1.82, 2.24) is 5.32 Å². The lowest BCUT2D eigenvalue weighted by Crippen LogP contribution is -2.73. The minimum atomic E-state index is -2.35. The minimum Gasteiger partial charge on any atom is -0.394 e. The van der Waals surface area contributed by atoms with Crippen molar-refractivity contribution in [3.05, 3.63) is 0 Å². The molecule has 16 heavy (non-hydrogen) atoms. The first-order chi connectivity index (χ1) is 7.29. The molecule has 1 heterocycles. The number of rotatable bonds is 2. The van der Waals surface area contributed by atoms with Gasteiger partial charge in [0.05, 0.1) is 6.61 Å². The Labute approximate surface area is 91.6 Å². The summed E-state index contributed by atoms with van der Waals surface area (Å²) in [6, 6.07) is -1.37. The molecule has 1 aliphatic rings. The van der Waals surface area contributed by atoms with E-state index < -0.39 is 42.8 Å². The van der Waals surface area contributed by atoms with Crippen molar-refractivity contribution in [2.45, 2.75) is 37.2 Å². The molecule has 94 valence electrons. The van der Waals surface area contributed by atoms with Gasteiger partial charge in [-0.2, -0.15) is 0 Å². The van der Waals surface area contributed by atoms with E-state index in [0.717, 1.165) is 6.92 Å². The van der Waals surface area contributed by atoms with Gasteiger partial charge in [0, 0.05) is 6.92 Å². The normalized spacial score (nSPS) is 44.1. The van der Waals surface area contributed by atoms with Crippen LogP contribution in [-0.4, -0.2) is 63.2 Å². The highest BCUT2D eigenvalue weighted by Gasteiger charge is 2.51. The first-order valence-electron chi connectivity index (χ1n) is 4.72. The Balaban J connectivity index is 2.87. The summed E-state index contributed by atoms with van der Waals surface area (Å²) in [6.45, 7) is 0.540. The van der Waals surface area contributed by atoms with Crippen LogP contribution in [0.25, 0.3) is 0 Å². The third-order valence-electron chi connectivity index (χ3n) is 2.40. The molecule has 1 rings (SSSR count). The minimum absolute atomic E-state index is 0.550. The van der Waals surface area contributed by atoms with Gasteiger partial charge in [-0.15, -0.1) is 0 Å². The molecule has 0 bridgehead atoms. The van der Waals surface area contributed by atoms with Crippen molar-refractivity contribution in [3.8, 4) is 0 Å². The van der Waals surface area contributed by atoms with Crippen molar-refractivity contribution in [2.75, 3.05) is 6.61 Å². The lowest BCUT2D eigenvalue weighted by Gasteiger charge is -2.45. The van der Waals surface area contributed by atoms with E-state index in [1.165, 1.54) is 0 Å². The van der Waals surface area contributed by atoms with E-state index in [1.807, 2.05) is 0 Å². The second-order valence-electron chi connectivity index (χ2n) is 3.75. The summed E-state index contributed by atoms with van der Waals surface area (Å²) in [5.74, 6) is -2.90. The van der Waals surface area contributed by atoms with Gasteiger partial charge in [-0.25, -0.2) is 0 Å². The van der Waals surface area contributed by atoms with E-state index in [2.05, 4.69) is 5.32 Å². The largest absolute Gasteiger partial charge is 0.394 e. The molecule has 1 aliphatic heterocycles. The molecule has 1 saturated heterocycles. The van der Waals surface area contributed by atoms with Crippen molar-refractivity contribution in [1.29, 1.82) is 0 Å². The maximum Gasteiger partial charge on any atom is 0.246 e. The van der Waals surface area contributed by atoms with Gasteiger partial charge in [-0.1, -0.05) is 0 Å². The lowest BCUT2D eigenvalue weighted by molar-refractivity contribution is -0.315. The highest BCUT2D eigenvalue weighted by atomic mass is 16.7. The number of aliphatic hydroxyl groups excluding tert-OH is 3. The van der Waals surface area contributed by atoms with Crippen LogP contribution in [0, 0.1) is 0 Å². The highest BCUT2D eigenvalue weighted by molar-refractivity contribution is 5.73.